The molecule has 0 spiro atoms. The molecule has 2 amide bonds. The molecule has 2 atom stereocenters. The Hall–Kier alpha value is -1.68. The van der Waals surface area contributed by atoms with Crippen LogP contribution in [0.15, 0.2) is 24.3 Å². The number of piperidine rings is 1. The molecule has 1 heterocycles. The van der Waals surface area contributed by atoms with E-state index in [1.807, 2.05) is 12.1 Å². The molecule has 3 rings (SSSR count). The summed E-state index contributed by atoms with van der Waals surface area (Å²) in [7, 11) is 0. The van der Waals surface area contributed by atoms with E-state index in [2.05, 4.69) is 0 Å². The summed E-state index contributed by atoms with van der Waals surface area (Å²) in [6.07, 6.45) is 0.748. The van der Waals surface area contributed by atoms with Crippen LogP contribution in [0.4, 0.5) is 0 Å². The summed E-state index contributed by atoms with van der Waals surface area (Å²) in [4.78, 5) is 24.9. The summed E-state index contributed by atoms with van der Waals surface area (Å²) in [5, 5.41) is 8.92. The summed E-state index contributed by atoms with van der Waals surface area (Å²) in [5.41, 5.74) is 1.75. The number of aliphatic hydroxyl groups is 1. The zero-order valence-electron chi connectivity index (χ0n) is 9.30. The maximum atomic E-state index is 11.7. The van der Waals surface area contributed by atoms with Crippen molar-refractivity contribution in [3.63, 3.8) is 0 Å². The fourth-order valence-corrected chi connectivity index (χ4v) is 2.34. The van der Waals surface area contributed by atoms with E-state index in [4.69, 9.17) is 5.11 Å². The Bertz CT molecular complexity index is 460. The third kappa shape index (κ3) is 1.65. The van der Waals surface area contributed by atoms with Gasteiger partial charge in [0.25, 0.3) is 0 Å². The van der Waals surface area contributed by atoms with E-state index in [9.17, 15) is 9.59 Å². The summed E-state index contributed by atoms with van der Waals surface area (Å²) >= 11 is 0. The molecular weight excluding hydrogens is 218 g/mol. The van der Waals surface area contributed by atoms with Gasteiger partial charge in [0.05, 0.1) is 25.0 Å². The zero-order chi connectivity index (χ0) is 12.0. The molecule has 88 valence electrons. The molecule has 0 aromatic heterocycles. The molecule has 1 saturated heterocycles. The van der Waals surface area contributed by atoms with Crippen molar-refractivity contribution in [3.05, 3.63) is 35.4 Å². The number of fused-ring (bicyclic) bond motifs is 1. The van der Waals surface area contributed by atoms with Gasteiger partial charge in [-0.3, -0.25) is 14.5 Å². The SMILES string of the molecule is O=C1C2CC2C(=O)N1Cc1ccc(CO)cc1. The number of likely N-dealkylation sites (tertiary alicyclic amines) is 1. The fraction of sp³-hybridized carbons (Fsp3) is 0.385. The van der Waals surface area contributed by atoms with Crippen LogP contribution in [0.25, 0.3) is 0 Å². The van der Waals surface area contributed by atoms with Gasteiger partial charge in [0, 0.05) is 0 Å². The van der Waals surface area contributed by atoms with Crippen LogP contribution >= 0.6 is 0 Å². The number of carbonyl (C=O) groups excluding carboxylic acids is 2. The molecule has 1 aliphatic heterocycles. The number of nitrogens with zero attached hydrogens (tertiary/aromatic N) is 1. The van der Waals surface area contributed by atoms with Gasteiger partial charge in [0.15, 0.2) is 0 Å². The van der Waals surface area contributed by atoms with Gasteiger partial charge in [-0.25, -0.2) is 0 Å². The van der Waals surface area contributed by atoms with Crippen molar-refractivity contribution in [2.45, 2.75) is 19.6 Å². The molecule has 1 N–H and O–H groups in total. The number of imide groups is 1. The van der Waals surface area contributed by atoms with Crippen molar-refractivity contribution >= 4 is 11.8 Å². The van der Waals surface area contributed by atoms with E-state index in [0.717, 1.165) is 17.5 Å². The van der Waals surface area contributed by atoms with Crippen molar-refractivity contribution in [1.82, 2.24) is 4.90 Å². The Kier molecular flexibility index (Phi) is 2.26. The van der Waals surface area contributed by atoms with E-state index in [1.165, 1.54) is 4.90 Å². The van der Waals surface area contributed by atoms with E-state index in [0.29, 0.717) is 6.54 Å². The Labute approximate surface area is 98.9 Å². The number of benzene rings is 1. The van der Waals surface area contributed by atoms with Crippen LogP contribution in [0.2, 0.25) is 0 Å². The molecule has 0 bridgehead atoms. The molecule has 4 heteroatoms. The summed E-state index contributed by atoms with van der Waals surface area (Å²) in [6.45, 7) is 0.363. The second-order valence-electron chi connectivity index (χ2n) is 4.69. The lowest BCUT2D eigenvalue weighted by Crippen LogP contribution is -2.32. The zero-order valence-corrected chi connectivity index (χ0v) is 9.30. The molecule has 2 aliphatic rings. The first-order valence-electron chi connectivity index (χ1n) is 5.74. The van der Waals surface area contributed by atoms with Gasteiger partial charge in [-0.1, -0.05) is 24.3 Å². The monoisotopic (exact) mass is 231 g/mol. The van der Waals surface area contributed by atoms with E-state index < -0.39 is 0 Å². The average Bonchev–Trinajstić information content (AvgIpc) is 3.11. The molecule has 1 aliphatic carbocycles. The number of rotatable bonds is 3. The summed E-state index contributed by atoms with van der Waals surface area (Å²) in [5.74, 6) is -0.101. The molecule has 2 fully saturated rings. The van der Waals surface area contributed by atoms with E-state index >= 15 is 0 Å². The molecular formula is C13H13NO3. The highest BCUT2D eigenvalue weighted by Gasteiger charge is 2.58. The van der Waals surface area contributed by atoms with Crippen LogP contribution in [-0.4, -0.2) is 21.8 Å². The Morgan fingerprint density at radius 3 is 2.12 bits per heavy atom. The molecule has 17 heavy (non-hydrogen) atoms. The van der Waals surface area contributed by atoms with Crippen LogP contribution < -0.4 is 0 Å². The number of hydrogen-bond donors (Lipinski definition) is 1. The van der Waals surface area contributed by atoms with Gasteiger partial charge < -0.3 is 5.11 Å². The largest absolute Gasteiger partial charge is 0.392 e. The fourth-order valence-electron chi connectivity index (χ4n) is 2.34. The molecule has 2 unspecified atom stereocenters. The predicted octanol–water partition coefficient (Wildman–Crippen LogP) is 0.684. The van der Waals surface area contributed by atoms with Gasteiger partial charge in [0.1, 0.15) is 0 Å². The Morgan fingerprint density at radius 1 is 1.06 bits per heavy atom. The lowest BCUT2D eigenvalue weighted by molar-refractivity contribution is -0.142. The predicted molar refractivity (Wildman–Crippen MR) is 59.5 cm³/mol. The Balaban J connectivity index is 1.74. The highest BCUT2D eigenvalue weighted by atomic mass is 16.3. The molecule has 4 nitrogen and oxygen atoms in total. The van der Waals surface area contributed by atoms with Crippen LogP contribution in [0, 0.1) is 11.8 Å². The third-order valence-electron chi connectivity index (χ3n) is 3.50. The molecule has 0 radical (unpaired) electrons. The number of amides is 2. The van der Waals surface area contributed by atoms with Crippen molar-refractivity contribution in [3.8, 4) is 0 Å². The summed E-state index contributed by atoms with van der Waals surface area (Å²) < 4.78 is 0. The lowest BCUT2D eigenvalue weighted by Gasteiger charge is -2.16. The third-order valence-corrected chi connectivity index (χ3v) is 3.50. The maximum Gasteiger partial charge on any atom is 0.233 e. The topological polar surface area (TPSA) is 57.6 Å². The van der Waals surface area contributed by atoms with E-state index in [-0.39, 0.29) is 30.3 Å². The minimum absolute atomic E-state index is 0.00596. The summed E-state index contributed by atoms with van der Waals surface area (Å²) in [6, 6.07) is 7.30. The van der Waals surface area contributed by atoms with Crippen molar-refractivity contribution in [2.75, 3.05) is 0 Å². The number of hydrogen-bond acceptors (Lipinski definition) is 3. The highest BCUT2D eigenvalue weighted by Crippen LogP contribution is 2.47. The Morgan fingerprint density at radius 2 is 1.59 bits per heavy atom. The minimum Gasteiger partial charge on any atom is -0.392 e. The van der Waals surface area contributed by atoms with Crippen molar-refractivity contribution in [2.24, 2.45) is 11.8 Å². The van der Waals surface area contributed by atoms with Gasteiger partial charge in [-0.2, -0.15) is 0 Å². The quantitative estimate of drug-likeness (QED) is 0.778. The standard InChI is InChI=1S/C13H13NO3/c15-7-9-3-1-8(2-4-9)6-14-12(16)10-5-11(10)13(14)17/h1-4,10-11,15H,5-7H2. The smallest absolute Gasteiger partial charge is 0.233 e. The van der Waals surface area contributed by atoms with Crippen LogP contribution in [0.5, 0.6) is 0 Å². The highest BCUT2D eigenvalue weighted by molar-refractivity contribution is 6.08. The molecule has 1 aromatic rings. The minimum atomic E-state index is -0.0285. The van der Waals surface area contributed by atoms with Gasteiger partial charge in [-0.05, 0) is 17.5 Å². The molecule has 1 saturated carbocycles. The normalized spacial score (nSPS) is 26.3. The van der Waals surface area contributed by atoms with Gasteiger partial charge in [-0.15, -0.1) is 0 Å². The second kappa shape index (κ2) is 3.67. The average molecular weight is 231 g/mol. The lowest BCUT2D eigenvalue weighted by atomic mass is 10.1. The number of aliphatic hydroxyl groups excluding tert-OH is 1. The van der Waals surface area contributed by atoms with Crippen LogP contribution in [-0.2, 0) is 22.7 Å². The first-order chi connectivity index (χ1) is 8.20. The van der Waals surface area contributed by atoms with Gasteiger partial charge >= 0.3 is 0 Å². The van der Waals surface area contributed by atoms with Crippen LogP contribution in [0.1, 0.15) is 17.5 Å². The molecule has 1 aromatic carbocycles. The van der Waals surface area contributed by atoms with Crippen molar-refractivity contribution < 1.29 is 14.7 Å². The van der Waals surface area contributed by atoms with Gasteiger partial charge in [0.2, 0.25) is 11.8 Å². The first-order valence-corrected chi connectivity index (χ1v) is 5.74. The van der Waals surface area contributed by atoms with Crippen molar-refractivity contribution in [1.29, 1.82) is 0 Å². The van der Waals surface area contributed by atoms with E-state index in [1.54, 1.807) is 12.1 Å². The number of carbonyl (C=O) groups is 2. The van der Waals surface area contributed by atoms with Crippen LogP contribution in [0.3, 0.4) is 0 Å². The second-order valence-corrected chi connectivity index (χ2v) is 4.69. The maximum absolute atomic E-state index is 11.7. The first kappa shape index (κ1) is 10.5.